The van der Waals surface area contributed by atoms with Crippen molar-refractivity contribution in [3.8, 4) is 0 Å². The third kappa shape index (κ3) is 2.93. The predicted molar refractivity (Wildman–Crippen MR) is 77.1 cm³/mol. The fraction of sp³-hybridized carbons (Fsp3) is 0.600. The fourth-order valence-corrected chi connectivity index (χ4v) is 2.34. The van der Waals surface area contributed by atoms with Gasteiger partial charge in [-0.05, 0) is 32.3 Å². The molecule has 0 aliphatic carbocycles. The van der Waals surface area contributed by atoms with Crippen molar-refractivity contribution >= 4 is 5.91 Å². The smallest absolute Gasteiger partial charge is 0.252 e. The van der Waals surface area contributed by atoms with Crippen LogP contribution in [-0.4, -0.2) is 29.1 Å². The van der Waals surface area contributed by atoms with E-state index in [1.807, 2.05) is 27.7 Å². The number of hydrogen-bond donors (Lipinski definition) is 2. The Morgan fingerprint density at radius 1 is 1.50 bits per heavy atom. The van der Waals surface area contributed by atoms with E-state index < -0.39 is 0 Å². The number of amides is 1. The van der Waals surface area contributed by atoms with E-state index >= 15 is 0 Å². The van der Waals surface area contributed by atoms with Gasteiger partial charge in [-0.25, -0.2) is 0 Å². The number of ether oxygens (including phenoxy) is 1. The van der Waals surface area contributed by atoms with Gasteiger partial charge in [0.1, 0.15) is 0 Å². The minimum atomic E-state index is -0.377. The monoisotopic (exact) mass is 278 g/mol. The molecule has 2 heterocycles. The van der Waals surface area contributed by atoms with Crippen molar-refractivity contribution in [1.29, 1.82) is 0 Å². The number of H-pyrrole nitrogens is 1. The summed E-state index contributed by atoms with van der Waals surface area (Å²) in [7, 11) is 0. The molecule has 0 saturated carbocycles. The van der Waals surface area contributed by atoms with Crippen molar-refractivity contribution in [1.82, 2.24) is 10.3 Å². The largest absolute Gasteiger partial charge is 0.376 e. The van der Waals surface area contributed by atoms with Gasteiger partial charge in [-0.3, -0.25) is 9.59 Å². The molecule has 2 atom stereocenters. The van der Waals surface area contributed by atoms with Crippen LogP contribution >= 0.6 is 0 Å². The summed E-state index contributed by atoms with van der Waals surface area (Å²) in [5.41, 5.74) is 0.543. The Balaban J connectivity index is 2.23. The van der Waals surface area contributed by atoms with E-state index in [1.165, 1.54) is 6.07 Å². The first-order valence-electron chi connectivity index (χ1n) is 7.00. The molecule has 0 spiro atoms. The number of aromatic nitrogens is 1. The molecule has 5 nitrogen and oxygen atoms in total. The molecule has 1 fully saturated rings. The van der Waals surface area contributed by atoms with Gasteiger partial charge < -0.3 is 15.0 Å². The van der Waals surface area contributed by atoms with E-state index in [9.17, 15) is 9.59 Å². The molecule has 20 heavy (non-hydrogen) atoms. The maximum atomic E-state index is 12.4. The zero-order valence-electron chi connectivity index (χ0n) is 12.4. The summed E-state index contributed by atoms with van der Waals surface area (Å²) in [6, 6.07) is 3.08. The molecule has 1 aliphatic rings. The molecular formula is C15H22N2O3. The molecule has 1 aliphatic heterocycles. The first-order valence-corrected chi connectivity index (χ1v) is 7.00. The molecule has 0 radical (unpaired) electrons. The number of nitrogens with one attached hydrogen (secondary N) is 2. The Labute approximate surface area is 118 Å². The van der Waals surface area contributed by atoms with Crippen molar-refractivity contribution < 1.29 is 9.53 Å². The van der Waals surface area contributed by atoms with Crippen LogP contribution in [0.3, 0.4) is 0 Å². The highest BCUT2D eigenvalue weighted by Crippen LogP contribution is 2.25. The summed E-state index contributed by atoms with van der Waals surface area (Å²) >= 11 is 0. The second-order valence-electron chi connectivity index (χ2n) is 5.98. The van der Waals surface area contributed by atoms with Gasteiger partial charge in [0.2, 0.25) is 5.56 Å². The van der Waals surface area contributed by atoms with Gasteiger partial charge in [0.25, 0.3) is 5.91 Å². The lowest BCUT2D eigenvalue weighted by Gasteiger charge is -2.29. The summed E-state index contributed by atoms with van der Waals surface area (Å²) in [4.78, 5) is 26.8. The summed E-state index contributed by atoms with van der Waals surface area (Å²) in [6.07, 6.45) is 0.748. The van der Waals surface area contributed by atoms with E-state index in [1.54, 1.807) is 6.07 Å². The number of carbonyl (C=O) groups is 1. The molecule has 2 N–H and O–H groups in total. The maximum absolute atomic E-state index is 12.4. The van der Waals surface area contributed by atoms with E-state index in [2.05, 4.69) is 10.3 Å². The summed E-state index contributed by atoms with van der Waals surface area (Å²) in [5.74, 6) is -0.0578. The highest BCUT2D eigenvalue weighted by molar-refractivity contribution is 5.94. The minimum absolute atomic E-state index is 0.0296. The molecule has 2 rings (SSSR count). The number of carbonyl (C=O) groups excluding carboxylic acids is 1. The van der Waals surface area contributed by atoms with Crippen LogP contribution in [0.1, 0.15) is 56.1 Å². The fourth-order valence-electron chi connectivity index (χ4n) is 2.34. The van der Waals surface area contributed by atoms with Crippen LogP contribution in [0.2, 0.25) is 0 Å². The highest BCUT2D eigenvalue weighted by atomic mass is 16.5. The summed E-state index contributed by atoms with van der Waals surface area (Å²) < 4.78 is 5.51. The molecule has 1 amide bonds. The standard InChI is InChI=1S/C15H22N2O3/c1-9(2)12-7-11(8-13(18)16-12)14(19)17-15(4)5-6-20-10(15)3/h7-10H,5-6H2,1-4H3,(H,16,18)(H,17,19). The average molecular weight is 278 g/mol. The Bertz CT molecular complexity index is 564. The molecule has 0 bridgehead atoms. The van der Waals surface area contributed by atoms with Gasteiger partial charge in [-0.15, -0.1) is 0 Å². The number of rotatable bonds is 3. The van der Waals surface area contributed by atoms with Crippen molar-refractivity contribution in [3.05, 3.63) is 33.7 Å². The molecule has 0 aromatic carbocycles. The molecule has 1 aromatic heterocycles. The first kappa shape index (κ1) is 14.8. The zero-order valence-corrected chi connectivity index (χ0v) is 12.4. The van der Waals surface area contributed by atoms with Crippen LogP contribution in [0.5, 0.6) is 0 Å². The van der Waals surface area contributed by atoms with E-state index in [-0.39, 0.29) is 29.0 Å². The van der Waals surface area contributed by atoms with Gasteiger partial charge in [-0.1, -0.05) is 13.8 Å². The van der Waals surface area contributed by atoms with Gasteiger partial charge in [0.05, 0.1) is 11.6 Å². The van der Waals surface area contributed by atoms with E-state index in [0.717, 1.165) is 12.1 Å². The maximum Gasteiger partial charge on any atom is 0.252 e. The normalized spacial score (nSPS) is 25.9. The summed E-state index contributed by atoms with van der Waals surface area (Å²) in [6.45, 7) is 8.51. The molecule has 2 unspecified atom stereocenters. The lowest BCUT2D eigenvalue weighted by atomic mass is 9.94. The van der Waals surface area contributed by atoms with Gasteiger partial charge in [-0.2, -0.15) is 0 Å². The van der Waals surface area contributed by atoms with Crippen molar-refractivity contribution in [2.75, 3.05) is 6.61 Å². The average Bonchev–Trinajstić information content (AvgIpc) is 2.68. The van der Waals surface area contributed by atoms with Crippen LogP contribution in [-0.2, 0) is 4.74 Å². The molecule has 1 aromatic rings. The second kappa shape index (κ2) is 5.40. The number of pyridine rings is 1. The molecular weight excluding hydrogens is 256 g/mol. The number of hydrogen-bond acceptors (Lipinski definition) is 3. The second-order valence-corrected chi connectivity index (χ2v) is 5.98. The van der Waals surface area contributed by atoms with Crippen LogP contribution < -0.4 is 10.9 Å². The van der Waals surface area contributed by atoms with Gasteiger partial charge in [0.15, 0.2) is 0 Å². The van der Waals surface area contributed by atoms with Crippen LogP contribution in [0.15, 0.2) is 16.9 Å². The van der Waals surface area contributed by atoms with Crippen LogP contribution in [0.25, 0.3) is 0 Å². The lowest BCUT2D eigenvalue weighted by molar-refractivity contribution is 0.0727. The van der Waals surface area contributed by atoms with Crippen molar-refractivity contribution in [2.24, 2.45) is 0 Å². The lowest BCUT2D eigenvalue weighted by Crippen LogP contribution is -2.50. The Morgan fingerprint density at radius 3 is 2.75 bits per heavy atom. The van der Waals surface area contributed by atoms with Crippen LogP contribution in [0.4, 0.5) is 0 Å². The van der Waals surface area contributed by atoms with Crippen molar-refractivity contribution in [3.63, 3.8) is 0 Å². The van der Waals surface area contributed by atoms with Gasteiger partial charge >= 0.3 is 0 Å². The molecule has 110 valence electrons. The third-order valence-electron chi connectivity index (χ3n) is 4.03. The quantitative estimate of drug-likeness (QED) is 0.885. The van der Waals surface area contributed by atoms with E-state index in [0.29, 0.717) is 12.2 Å². The summed E-state index contributed by atoms with van der Waals surface area (Å²) in [5, 5.41) is 3.00. The topological polar surface area (TPSA) is 71.2 Å². The Hall–Kier alpha value is -1.62. The highest BCUT2D eigenvalue weighted by Gasteiger charge is 2.38. The Kier molecular flexibility index (Phi) is 3.99. The minimum Gasteiger partial charge on any atom is -0.376 e. The van der Waals surface area contributed by atoms with Gasteiger partial charge in [0, 0.05) is 23.9 Å². The number of aromatic amines is 1. The third-order valence-corrected chi connectivity index (χ3v) is 4.03. The first-order chi connectivity index (χ1) is 9.32. The van der Waals surface area contributed by atoms with Crippen molar-refractivity contribution in [2.45, 2.75) is 51.7 Å². The molecule has 1 saturated heterocycles. The molecule has 5 heteroatoms. The predicted octanol–water partition coefficient (Wildman–Crippen LogP) is 1.80. The van der Waals surface area contributed by atoms with E-state index in [4.69, 9.17) is 4.74 Å². The van der Waals surface area contributed by atoms with Crippen LogP contribution in [0, 0.1) is 0 Å². The zero-order chi connectivity index (χ0) is 14.9. The Morgan fingerprint density at radius 2 is 2.20 bits per heavy atom. The SMILES string of the molecule is CC(C)c1cc(C(=O)NC2(C)CCOC2C)cc(=O)[nH]1.